The quantitative estimate of drug-likeness (QED) is 0.696. The van der Waals surface area contributed by atoms with Crippen LogP contribution in [0.2, 0.25) is 0 Å². The maximum absolute atomic E-state index is 12.3. The number of nitrogens with one attached hydrogen (secondary N) is 2. The zero-order valence-corrected chi connectivity index (χ0v) is 13.5. The summed E-state index contributed by atoms with van der Waals surface area (Å²) < 4.78 is 28.9. The van der Waals surface area contributed by atoms with Gasteiger partial charge in [0.15, 0.2) is 0 Å². The largest absolute Gasteiger partial charge is 0.320 e. The molecule has 114 valence electrons. The first-order valence-electron chi connectivity index (χ1n) is 7.18. The minimum Gasteiger partial charge on any atom is -0.320 e. The van der Waals surface area contributed by atoms with Crippen LogP contribution in [0.15, 0.2) is 0 Å². The van der Waals surface area contributed by atoms with Crippen LogP contribution in [0.4, 0.5) is 0 Å². The Balaban J connectivity index is 2.57. The van der Waals surface area contributed by atoms with E-state index >= 15 is 0 Å². The molecular weight excluding hydrogens is 262 g/mol. The van der Waals surface area contributed by atoms with Crippen molar-refractivity contribution in [1.82, 2.24) is 14.3 Å². The van der Waals surface area contributed by atoms with Crippen molar-refractivity contribution in [3.8, 4) is 0 Å². The third-order valence-corrected chi connectivity index (χ3v) is 5.69. The van der Waals surface area contributed by atoms with E-state index < -0.39 is 10.2 Å². The van der Waals surface area contributed by atoms with Crippen LogP contribution in [-0.2, 0) is 10.2 Å². The highest BCUT2D eigenvalue weighted by molar-refractivity contribution is 7.87. The van der Waals surface area contributed by atoms with E-state index in [1.165, 1.54) is 10.7 Å². The fourth-order valence-electron chi connectivity index (χ4n) is 2.58. The van der Waals surface area contributed by atoms with Gasteiger partial charge >= 0.3 is 0 Å². The zero-order valence-electron chi connectivity index (χ0n) is 12.7. The molecule has 0 saturated heterocycles. The summed E-state index contributed by atoms with van der Waals surface area (Å²) in [5.41, 5.74) is 0.0527. The van der Waals surface area contributed by atoms with E-state index in [-0.39, 0.29) is 11.5 Å². The number of hydrogen-bond acceptors (Lipinski definition) is 3. The molecule has 1 aliphatic rings. The predicted octanol–water partition coefficient (Wildman–Crippen LogP) is 1.33. The third-order valence-electron chi connectivity index (χ3n) is 4.11. The van der Waals surface area contributed by atoms with Gasteiger partial charge in [-0.05, 0) is 38.3 Å². The molecule has 0 heterocycles. The van der Waals surface area contributed by atoms with Crippen LogP contribution in [0.5, 0.6) is 0 Å². The maximum Gasteiger partial charge on any atom is 0.279 e. The minimum atomic E-state index is -3.36. The van der Waals surface area contributed by atoms with E-state index in [1.54, 1.807) is 7.05 Å². The molecular formula is C13H29N3O2S. The van der Waals surface area contributed by atoms with Crippen molar-refractivity contribution in [2.24, 2.45) is 5.41 Å². The Hall–Kier alpha value is -0.170. The van der Waals surface area contributed by atoms with Crippen LogP contribution in [0.25, 0.3) is 0 Å². The van der Waals surface area contributed by atoms with Crippen molar-refractivity contribution in [3.05, 3.63) is 0 Å². The Kier molecular flexibility index (Phi) is 6.23. The molecule has 1 atom stereocenters. The number of hydrogen-bond donors (Lipinski definition) is 2. The van der Waals surface area contributed by atoms with Crippen LogP contribution in [0.1, 0.15) is 46.0 Å². The molecule has 0 aliphatic heterocycles. The molecule has 0 radical (unpaired) electrons. The Morgan fingerprint density at radius 1 is 1.32 bits per heavy atom. The van der Waals surface area contributed by atoms with E-state index in [0.717, 1.165) is 32.2 Å². The first kappa shape index (κ1) is 16.9. The van der Waals surface area contributed by atoms with E-state index in [9.17, 15) is 8.42 Å². The van der Waals surface area contributed by atoms with Crippen LogP contribution in [0.3, 0.4) is 0 Å². The number of nitrogens with zero attached hydrogens (tertiary/aromatic N) is 1. The van der Waals surface area contributed by atoms with Crippen LogP contribution in [-0.4, -0.2) is 45.9 Å². The maximum atomic E-state index is 12.3. The molecule has 0 aromatic rings. The first-order valence-corrected chi connectivity index (χ1v) is 8.62. The molecule has 0 aromatic heterocycles. The van der Waals surface area contributed by atoms with Crippen molar-refractivity contribution in [2.45, 2.75) is 52.0 Å². The SMILES string of the molecule is CNCCCN(C)S(=O)(=O)NC1CCCCC1(C)C. The predicted molar refractivity (Wildman–Crippen MR) is 79.3 cm³/mol. The Morgan fingerprint density at radius 2 is 2.00 bits per heavy atom. The van der Waals surface area contributed by atoms with E-state index in [4.69, 9.17) is 0 Å². The molecule has 1 unspecified atom stereocenters. The summed E-state index contributed by atoms with van der Waals surface area (Å²) in [7, 11) is 0.163. The van der Waals surface area contributed by atoms with Crippen molar-refractivity contribution in [3.63, 3.8) is 0 Å². The molecule has 2 N–H and O–H groups in total. The second kappa shape index (κ2) is 7.02. The van der Waals surface area contributed by atoms with Gasteiger partial charge in [0.05, 0.1) is 0 Å². The molecule has 1 rings (SSSR count). The van der Waals surface area contributed by atoms with Gasteiger partial charge in [-0.15, -0.1) is 0 Å². The van der Waals surface area contributed by atoms with E-state index in [2.05, 4.69) is 23.9 Å². The van der Waals surface area contributed by atoms with E-state index in [0.29, 0.717) is 6.54 Å². The molecule has 1 saturated carbocycles. The van der Waals surface area contributed by atoms with Gasteiger partial charge in [-0.25, -0.2) is 0 Å². The van der Waals surface area contributed by atoms with Gasteiger partial charge in [-0.1, -0.05) is 26.7 Å². The lowest BCUT2D eigenvalue weighted by molar-refractivity contribution is 0.186. The lowest BCUT2D eigenvalue weighted by atomic mass is 9.74. The standard InChI is InChI=1S/C13H29N3O2S/c1-13(2)9-6-5-8-12(13)15-19(17,18)16(4)11-7-10-14-3/h12,14-15H,5-11H2,1-4H3. The highest BCUT2D eigenvalue weighted by Gasteiger charge is 2.35. The molecule has 19 heavy (non-hydrogen) atoms. The lowest BCUT2D eigenvalue weighted by Gasteiger charge is -2.39. The second-order valence-electron chi connectivity index (χ2n) is 6.19. The van der Waals surface area contributed by atoms with Gasteiger partial charge < -0.3 is 5.32 Å². The molecule has 1 fully saturated rings. The molecule has 6 heteroatoms. The summed E-state index contributed by atoms with van der Waals surface area (Å²) in [4.78, 5) is 0. The van der Waals surface area contributed by atoms with Gasteiger partial charge in [-0.2, -0.15) is 17.4 Å². The van der Waals surface area contributed by atoms with Gasteiger partial charge in [-0.3, -0.25) is 0 Å². The average molecular weight is 291 g/mol. The summed E-state index contributed by atoms with van der Waals surface area (Å²) in [5, 5.41) is 3.03. The van der Waals surface area contributed by atoms with Crippen LogP contribution >= 0.6 is 0 Å². The molecule has 0 spiro atoms. The van der Waals surface area contributed by atoms with Crippen molar-refractivity contribution >= 4 is 10.2 Å². The van der Waals surface area contributed by atoms with Crippen LogP contribution in [0, 0.1) is 5.41 Å². The Morgan fingerprint density at radius 3 is 2.58 bits per heavy atom. The third kappa shape index (κ3) is 5.02. The summed E-state index contributed by atoms with van der Waals surface area (Å²) in [6.07, 6.45) is 5.16. The lowest BCUT2D eigenvalue weighted by Crippen LogP contribution is -2.51. The van der Waals surface area contributed by atoms with Gasteiger partial charge in [0, 0.05) is 19.6 Å². The monoisotopic (exact) mass is 291 g/mol. The topological polar surface area (TPSA) is 61.4 Å². The molecule has 0 aromatic carbocycles. The second-order valence-corrected chi connectivity index (χ2v) is 8.00. The van der Waals surface area contributed by atoms with Crippen LogP contribution < -0.4 is 10.0 Å². The summed E-state index contributed by atoms with van der Waals surface area (Å²) in [6, 6.07) is 0.0537. The van der Waals surface area contributed by atoms with E-state index in [1.807, 2.05) is 7.05 Å². The molecule has 0 bridgehead atoms. The highest BCUT2D eigenvalue weighted by atomic mass is 32.2. The van der Waals surface area contributed by atoms with Gasteiger partial charge in [0.25, 0.3) is 10.2 Å². The van der Waals surface area contributed by atoms with Crippen molar-refractivity contribution in [2.75, 3.05) is 27.2 Å². The Bertz CT molecular complexity index is 368. The molecule has 5 nitrogen and oxygen atoms in total. The summed E-state index contributed by atoms with van der Waals surface area (Å²) in [6.45, 7) is 5.68. The van der Waals surface area contributed by atoms with Crippen molar-refractivity contribution in [1.29, 1.82) is 0 Å². The number of rotatable bonds is 7. The fourth-order valence-corrected chi connectivity index (χ4v) is 3.93. The van der Waals surface area contributed by atoms with Crippen molar-refractivity contribution < 1.29 is 8.42 Å². The smallest absolute Gasteiger partial charge is 0.279 e. The minimum absolute atomic E-state index is 0.0527. The normalized spacial score (nSPS) is 23.7. The summed E-state index contributed by atoms with van der Waals surface area (Å²) in [5.74, 6) is 0. The fraction of sp³-hybridized carbons (Fsp3) is 1.00. The zero-order chi connectivity index (χ0) is 14.5. The highest BCUT2D eigenvalue weighted by Crippen LogP contribution is 2.35. The van der Waals surface area contributed by atoms with Gasteiger partial charge in [0.2, 0.25) is 0 Å². The summed E-state index contributed by atoms with van der Waals surface area (Å²) >= 11 is 0. The average Bonchev–Trinajstić information content (AvgIpc) is 2.32. The molecule has 1 aliphatic carbocycles. The first-order chi connectivity index (χ1) is 8.79. The van der Waals surface area contributed by atoms with Gasteiger partial charge in [0.1, 0.15) is 0 Å². The Labute approximate surface area is 118 Å². The molecule has 0 amide bonds.